The third-order valence-corrected chi connectivity index (χ3v) is 7.35. The van der Waals surface area contributed by atoms with Gasteiger partial charge in [0, 0.05) is 24.0 Å². The lowest BCUT2D eigenvalue weighted by molar-refractivity contribution is -0.254. The number of carbonyl (C=O) groups excluding carboxylic acids is 2. The minimum atomic E-state index is -3.63. The highest BCUT2D eigenvalue weighted by Gasteiger charge is 2.27. The highest BCUT2D eigenvalue weighted by atomic mass is 32.2. The Hall–Kier alpha value is -2.23. The van der Waals surface area contributed by atoms with Gasteiger partial charge in [-0.15, -0.1) is 11.3 Å². The predicted octanol–water partition coefficient (Wildman–Crippen LogP) is 1.93. The topological polar surface area (TPSA) is 107 Å². The first kappa shape index (κ1) is 19.5. The number of sulfonamides is 1. The van der Waals surface area contributed by atoms with E-state index >= 15 is 0 Å². The molecule has 0 spiro atoms. The molecule has 144 valence electrons. The van der Waals surface area contributed by atoms with E-state index < -0.39 is 21.9 Å². The first-order valence-corrected chi connectivity index (χ1v) is 10.9. The average Bonchev–Trinajstić information content (AvgIpc) is 2.98. The van der Waals surface area contributed by atoms with Gasteiger partial charge in [0.2, 0.25) is 10.0 Å². The summed E-state index contributed by atoms with van der Waals surface area (Å²) in [5, 5.41) is 15.1. The van der Waals surface area contributed by atoms with Crippen LogP contribution in [0.5, 0.6) is 0 Å². The summed E-state index contributed by atoms with van der Waals surface area (Å²) in [6.07, 6.45) is 3.69. The molecule has 0 saturated carbocycles. The monoisotopic (exact) mass is 407 g/mol. The van der Waals surface area contributed by atoms with E-state index in [0.29, 0.717) is 13.1 Å². The largest absolute Gasteiger partial charge is 0.545 e. The molecule has 2 heterocycles. The Morgan fingerprint density at radius 2 is 1.74 bits per heavy atom. The van der Waals surface area contributed by atoms with E-state index in [0.717, 1.165) is 37.0 Å². The molecule has 0 atom stereocenters. The number of thiophene rings is 1. The second-order valence-electron chi connectivity index (χ2n) is 6.25. The normalized spacial score (nSPS) is 15.9. The number of aromatic carboxylic acids is 1. The van der Waals surface area contributed by atoms with E-state index in [1.54, 1.807) is 6.07 Å². The van der Waals surface area contributed by atoms with Crippen LogP contribution in [0.4, 0.5) is 5.69 Å². The molecule has 0 radical (unpaired) electrons. The van der Waals surface area contributed by atoms with Gasteiger partial charge in [-0.2, -0.15) is 4.31 Å². The number of amides is 1. The Morgan fingerprint density at radius 3 is 2.41 bits per heavy atom. The van der Waals surface area contributed by atoms with Gasteiger partial charge in [0.25, 0.3) is 5.91 Å². The molecular formula is C18H19N2O5S2-. The van der Waals surface area contributed by atoms with Crippen LogP contribution >= 0.6 is 11.3 Å². The van der Waals surface area contributed by atoms with Crippen molar-refractivity contribution in [2.75, 3.05) is 18.4 Å². The van der Waals surface area contributed by atoms with Crippen LogP contribution in [-0.4, -0.2) is 37.7 Å². The SMILES string of the molecule is O=C(Nc1ccccc1C(=O)[O-])c1cc(S(=O)(=O)N2CCCCCC2)cs1. The number of nitrogens with one attached hydrogen (secondary N) is 1. The van der Waals surface area contributed by atoms with Gasteiger partial charge >= 0.3 is 0 Å². The van der Waals surface area contributed by atoms with Crippen LogP contribution in [0.25, 0.3) is 0 Å². The number of carboxylic acids is 1. The zero-order valence-electron chi connectivity index (χ0n) is 14.5. The summed E-state index contributed by atoms with van der Waals surface area (Å²) in [4.78, 5) is 23.9. The van der Waals surface area contributed by atoms with Gasteiger partial charge in [-0.25, -0.2) is 8.42 Å². The maximum absolute atomic E-state index is 12.8. The smallest absolute Gasteiger partial charge is 0.265 e. The van der Waals surface area contributed by atoms with Crippen molar-refractivity contribution in [3.05, 3.63) is 46.2 Å². The molecule has 3 rings (SSSR count). The first-order valence-electron chi connectivity index (χ1n) is 8.60. The van der Waals surface area contributed by atoms with Crippen molar-refractivity contribution in [3.63, 3.8) is 0 Å². The van der Waals surface area contributed by atoms with Crippen molar-refractivity contribution in [3.8, 4) is 0 Å². The van der Waals surface area contributed by atoms with Crippen LogP contribution in [0.3, 0.4) is 0 Å². The lowest BCUT2D eigenvalue weighted by atomic mass is 10.2. The fraction of sp³-hybridized carbons (Fsp3) is 0.333. The second kappa shape index (κ2) is 8.20. The molecule has 0 bridgehead atoms. The molecule has 1 aromatic heterocycles. The number of benzene rings is 1. The second-order valence-corrected chi connectivity index (χ2v) is 9.10. The summed E-state index contributed by atoms with van der Waals surface area (Å²) in [6, 6.07) is 7.23. The summed E-state index contributed by atoms with van der Waals surface area (Å²) in [5.41, 5.74) is -0.0346. The van der Waals surface area contributed by atoms with E-state index in [-0.39, 0.29) is 21.0 Å². The highest BCUT2D eigenvalue weighted by molar-refractivity contribution is 7.89. The van der Waals surface area contributed by atoms with Crippen LogP contribution in [0.1, 0.15) is 45.7 Å². The quantitative estimate of drug-likeness (QED) is 0.815. The van der Waals surface area contributed by atoms with Crippen LogP contribution in [-0.2, 0) is 10.0 Å². The van der Waals surface area contributed by atoms with Gasteiger partial charge in [-0.05, 0) is 25.0 Å². The number of anilines is 1. The van der Waals surface area contributed by atoms with Crippen molar-refractivity contribution in [1.29, 1.82) is 0 Å². The molecule has 1 aliphatic rings. The molecule has 0 aliphatic carbocycles. The number of hydrogen-bond donors (Lipinski definition) is 1. The third kappa shape index (κ3) is 4.37. The number of hydrogen-bond acceptors (Lipinski definition) is 6. The molecule has 7 nitrogen and oxygen atoms in total. The number of carboxylic acid groups (broad SMARTS) is 1. The Bertz CT molecular complexity index is 944. The van der Waals surface area contributed by atoms with Crippen molar-refractivity contribution in [1.82, 2.24) is 4.31 Å². The Kier molecular flexibility index (Phi) is 5.93. The minimum absolute atomic E-state index is 0.0905. The molecule has 9 heteroatoms. The van der Waals surface area contributed by atoms with Gasteiger partial charge in [0.1, 0.15) is 0 Å². The zero-order valence-corrected chi connectivity index (χ0v) is 16.1. The van der Waals surface area contributed by atoms with Gasteiger partial charge in [0.05, 0.1) is 21.4 Å². The Balaban J connectivity index is 1.79. The van der Waals surface area contributed by atoms with Crippen molar-refractivity contribution >= 4 is 38.9 Å². The summed E-state index contributed by atoms with van der Waals surface area (Å²) < 4.78 is 27.1. The van der Waals surface area contributed by atoms with Gasteiger partial charge in [-0.3, -0.25) is 4.79 Å². The van der Waals surface area contributed by atoms with Gasteiger partial charge in [-0.1, -0.05) is 31.0 Å². The van der Waals surface area contributed by atoms with E-state index in [9.17, 15) is 23.1 Å². The molecule has 1 N–H and O–H groups in total. The molecule has 27 heavy (non-hydrogen) atoms. The Labute approximate surface area is 161 Å². The molecule has 1 fully saturated rings. The maximum Gasteiger partial charge on any atom is 0.265 e. The van der Waals surface area contributed by atoms with Gasteiger partial charge in [0.15, 0.2) is 0 Å². The van der Waals surface area contributed by atoms with E-state index in [1.165, 1.54) is 34.0 Å². The summed E-state index contributed by atoms with van der Waals surface area (Å²) in [5.74, 6) is -1.97. The van der Waals surface area contributed by atoms with Gasteiger partial charge < -0.3 is 15.2 Å². The fourth-order valence-electron chi connectivity index (χ4n) is 2.96. The summed E-state index contributed by atoms with van der Waals surface area (Å²) >= 11 is 1.01. The summed E-state index contributed by atoms with van der Waals surface area (Å²) in [7, 11) is -3.63. The number of rotatable bonds is 5. The molecule has 1 amide bonds. The van der Waals surface area contributed by atoms with Crippen LogP contribution in [0.2, 0.25) is 0 Å². The van der Waals surface area contributed by atoms with Crippen LogP contribution in [0, 0.1) is 0 Å². The Morgan fingerprint density at radius 1 is 1.07 bits per heavy atom. The van der Waals surface area contributed by atoms with Crippen LogP contribution in [0.15, 0.2) is 40.6 Å². The van der Waals surface area contributed by atoms with Crippen molar-refractivity contribution in [2.24, 2.45) is 0 Å². The van der Waals surface area contributed by atoms with Crippen molar-refractivity contribution < 1.29 is 23.1 Å². The number of carbonyl (C=O) groups is 2. The summed E-state index contributed by atoms with van der Waals surface area (Å²) in [6.45, 7) is 0.970. The number of para-hydroxylation sites is 1. The third-order valence-electron chi connectivity index (χ3n) is 4.40. The lowest BCUT2D eigenvalue weighted by Gasteiger charge is -2.18. The van der Waals surface area contributed by atoms with E-state index in [4.69, 9.17) is 0 Å². The molecule has 1 aliphatic heterocycles. The maximum atomic E-state index is 12.8. The highest BCUT2D eigenvalue weighted by Crippen LogP contribution is 2.26. The van der Waals surface area contributed by atoms with E-state index in [1.807, 2.05) is 0 Å². The standard InChI is InChI=1S/C18H20N2O5S2/c21-17(19-15-8-4-3-7-14(15)18(22)23)16-11-13(12-26-16)27(24,25)20-9-5-1-2-6-10-20/h3-4,7-8,11-12H,1-2,5-6,9-10H2,(H,19,21)(H,22,23)/p-1. The minimum Gasteiger partial charge on any atom is -0.545 e. The molecule has 2 aromatic rings. The molecular weight excluding hydrogens is 388 g/mol. The predicted molar refractivity (Wildman–Crippen MR) is 100 cm³/mol. The molecule has 1 aromatic carbocycles. The zero-order chi connectivity index (χ0) is 19.4. The molecule has 0 unspecified atom stereocenters. The lowest BCUT2D eigenvalue weighted by Crippen LogP contribution is -2.31. The number of nitrogens with zero attached hydrogens (tertiary/aromatic N) is 1. The van der Waals surface area contributed by atoms with Crippen molar-refractivity contribution in [2.45, 2.75) is 30.6 Å². The van der Waals surface area contributed by atoms with E-state index in [2.05, 4.69) is 5.32 Å². The molecule has 1 saturated heterocycles. The fourth-order valence-corrected chi connectivity index (χ4v) is 5.63. The first-order chi connectivity index (χ1) is 12.9. The average molecular weight is 407 g/mol. The van der Waals surface area contributed by atoms with Crippen LogP contribution < -0.4 is 10.4 Å².